The quantitative estimate of drug-likeness (QED) is 0.720. The van der Waals surface area contributed by atoms with E-state index < -0.39 is 22.6 Å². The Morgan fingerprint density at radius 2 is 1.83 bits per heavy atom. The van der Waals surface area contributed by atoms with Gasteiger partial charge in [-0.1, -0.05) is 13.8 Å². The number of aliphatic hydroxyl groups excluding tert-OH is 2. The van der Waals surface area contributed by atoms with Crippen molar-refractivity contribution in [1.29, 1.82) is 0 Å². The van der Waals surface area contributed by atoms with E-state index in [1.165, 1.54) is 0 Å². The summed E-state index contributed by atoms with van der Waals surface area (Å²) < 4.78 is 16.6. The number of carbonyl (C=O) groups is 1. The van der Waals surface area contributed by atoms with Crippen LogP contribution in [-0.4, -0.2) is 33.9 Å². The number of aliphatic hydroxyl groups is 2. The Morgan fingerprint density at radius 1 is 1.09 bits per heavy atom. The first-order chi connectivity index (χ1) is 10.7. The highest BCUT2D eigenvalue weighted by Gasteiger charge is 2.71. The van der Waals surface area contributed by atoms with Gasteiger partial charge < -0.3 is 10.2 Å². The number of rotatable bonds is 0. The molecule has 130 valence electrons. The fourth-order valence-corrected chi connectivity index (χ4v) is 7.01. The highest BCUT2D eigenvalue weighted by atomic mass is 19.1. The molecule has 0 aromatic carbocycles. The molecule has 2 N–H and O–H groups in total. The summed E-state index contributed by atoms with van der Waals surface area (Å²) in [4.78, 5) is 12.4. The molecule has 3 nitrogen and oxygen atoms in total. The van der Waals surface area contributed by atoms with Crippen LogP contribution < -0.4 is 0 Å². The van der Waals surface area contributed by atoms with Gasteiger partial charge in [-0.05, 0) is 62.7 Å². The number of Topliss-reactive ketones (excluding diaryl/α,β-unsaturated/α-hetero) is 1. The molecule has 0 heterocycles. The first kappa shape index (κ1) is 16.0. The Balaban J connectivity index is 1.76. The predicted molar refractivity (Wildman–Crippen MR) is 84.5 cm³/mol. The largest absolute Gasteiger partial charge is 0.393 e. The van der Waals surface area contributed by atoms with Crippen LogP contribution in [0.1, 0.15) is 65.2 Å². The number of fused-ring (bicyclic) bond motifs is 5. The maximum atomic E-state index is 16.6. The first-order valence-electron chi connectivity index (χ1n) is 9.32. The fraction of sp³-hybridized carbons (Fsp3) is 0.947. The molecule has 0 saturated heterocycles. The zero-order chi connectivity index (χ0) is 16.6. The van der Waals surface area contributed by atoms with Crippen molar-refractivity contribution in [2.45, 2.75) is 83.1 Å². The number of carbonyl (C=O) groups excluding carboxylic acids is 1. The Bertz CT molecular complexity index is 537. The third-order valence-electron chi connectivity index (χ3n) is 8.42. The van der Waals surface area contributed by atoms with E-state index in [0.717, 1.165) is 19.3 Å². The van der Waals surface area contributed by atoms with E-state index in [9.17, 15) is 15.0 Å². The summed E-state index contributed by atoms with van der Waals surface area (Å²) in [5.41, 5.74) is -2.70. The van der Waals surface area contributed by atoms with Gasteiger partial charge in [0.25, 0.3) is 0 Å². The topological polar surface area (TPSA) is 57.5 Å². The van der Waals surface area contributed by atoms with E-state index in [-0.39, 0.29) is 36.1 Å². The van der Waals surface area contributed by atoms with E-state index in [2.05, 4.69) is 0 Å². The lowest BCUT2D eigenvalue weighted by atomic mass is 9.43. The molecule has 4 saturated carbocycles. The maximum absolute atomic E-state index is 16.6. The summed E-state index contributed by atoms with van der Waals surface area (Å²) in [7, 11) is 0. The molecular formula is C19H29FO3. The summed E-state index contributed by atoms with van der Waals surface area (Å²) in [5.74, 6) is 0.228. The SMILES string of the molecule is C[C@]12CC[C@H](O)C[C@@H]1CC[C@H]1[C@@H]3CCC(=O)[C@@]3(C)C[C@H](O)[C@@]12F. The van der Waals surface area contributed by atoms with Gasteiger partial charge in [-0.2, -0.15) is 0 Å². The summed E-state index contributed by atoms with van der Waals surface area (Å²) in [6, 6.07) is 0. The minimum absolute atomic E-state index is 0.0769. The van der Waals surface area contributed by atoms with Crippen molar-refractivity contribution in [3.63, 3.8) is 0 Å². The maximum Gasteiger partial charge on any atom is 0.145 e. The molecule has 0 bridgehead atoms. The van der Waals surface area contributed by atoms with Crippen LogP contribution in [0.3, 0.4) is 0 Å². The zero-order valence-electron chi connectivity index (χ0n) is 14.2. The molecule has 0 unspecified atom stereocenters. The third-order valence-corrected chi connectivity index (χ3v) is 8.42. The van der Waals surface area contributed by atoms with Crippen molar-refractivity contribution in [2.75, 3.05) is 0 Å². The highest BCUT2D eigenvalue weighted by Crippen LogP contribution is 2.68. The average molecular weight is 324 g/mol. The molecule has 4 aliphatic rings. The molecule has 23 heavy (non-hydrogen) atoms. The second kappa shape index (κ2) is 4.78. The minimum atomic E-state index is -1.61. The normalized spacial score (nSPS) is 59.2. The number of halogens is 1. The van der Waals surface area contributed by atoms with Crippen molar-refractivity contribution in [1.82, 2.24) is 0 Å². The summed E-state index contributed by atoms with van der Waals surface area (Å²) in [6.45, 7) is 3.95. The molecule has 4 fully saturated rings. The fourth-order valence-electron chi connectivity index (χ4n) is 7.01. The van der Waals surface area contributed by atoms with Gasteiger partial charge >= 0.3 is 0 Å². The van der Waals surface area contributed by atoms with Gasteiger partial charge in [-0.25, -0.2) is 4.39 Å². The van der Waals surface area contributed by atoms with Crippen LogP contribution >= 0.6 is 0 Å². The van der Waals surface area contributed by atoms with Crippen LogP contribution in [0.2, 0.25) is 0 Å². The van der Waals surface area contributed by atoms with Crippen LogP contribution in [-0.2, 0) is 4.79 Å². The molecule has 0 aromatic rings. The number of hydrogen-bond acceptors (Lipinski definition) is 3. The molecular weight excluding hydrogens is 295 g/mol. The average Bonchev–Trinajstić information content (AvgIpc) is 2.77. The molecule has 4 rings (SSSR count). The van der Waals surface area contributed by atoms with E-state index in [4.69, 9.17) is 0 Å². The minimum Gasteiger partial charge on any atom is -0.393 e. The second-order valence-electron chi connectivity index (χ2n) is 9.20. The Morgan fingerprint density at radius 3 is 2.57 bits per heavy atom. The molecule has 0 aliphatic heterocycles. The van der Waals surface area contributed by atoms with Gasteiger partial charge in [0.15, 0.2) is 0 Å². The van der Waals surface area contributed by atoms with E-state index in [1.807, 2.05) is 13.8 Å². The summed E-state index contributed by atoms with van der Waals surface area (Å²) >= 11 is 0. The van der Waals surface area contributed by atoms with Crippen LogP contribution in [0.4, 0.5) is 4.39 Å². The Labute approximate surface area is 137 Å². The second-order valence-corrected chi connectivity index (χ2v) is 9.20. The molecule has 4 aliphatic carbocycles. The molecule has 0 radical (unpaired) electrons. The van der Waals surface area contributed by atoms with Crippen molar-refractivity contribution >= 4 is 5.78 Å². The lowest BCUT2D eigenvalue weighted by molar-refractivity contribution is -0.244. The van der Waals surface area contributed by atoms with Gasteiger partial charge in [-0.15, -0.1) is 0 Å². The zero-order valence-corrected chi connectivity index (χ0v) is 14.2. The van der Waals surface area contributed by atoms with Gasteiger partial charge in [0.2, 0.25) is 0 Å². The van der Waals surface area contributed by atoms with Crippen molar-refractivity contribution < 1.29 is 19.4 Å². The Kier molecular flexibility index (Phi) is 3.33. The van der Waals surface area contributed by atoms with Crippen LogP contribution in [0.25, 0.3) is 0 Å². The van der Waals surface area contributed by atoms with Gasteiger partial charge in [-0.3, -0.25) is 4.79 Å². The van der Waals surface area contributed by atoms with Crippen molar-refractivity contribution in [3.8, 4) is 0 Å². The molecule has 0 spiro atoms. The van der Waals surface area contributed by atoms with Gasteiger partial charge in [0.1, 0.15) is 11.5 Å². The van der Waals surface area contributed by atoms with Gasteiger partial charge in [0, 0.05) is 17.3 Å². The Hall–Kier alpha value is -0.480. The van der Waals surface area contributed by atoms with Crippen molar-refractivity contribution in [2.24, 2.45) is 28.6 Å². The predicted octanol–water partition coefficient (Wildman–Crippen LogP) is 3.02. The summed E-state index contributed by atoms with van der Waals surface area (Å²) in [5, 5.41) is 20.9. The molecule has 4 heteroatoms. The number of ketones is 1. The molecule has 0 aromatic heterocycles. The molecule has 8 atom stereocenters. The summed E-state index contributed by atoms with van der Waals surface area (Å²) in [6.07, 6.45) is 3.79. The van der Waals surface area contributed by atoms with E-state index >= 15 is 4.39 Å². The lowest BCUT2D eigenvalue weighted by Gasteiger charge is -2.64. The van der Waals surface area contributed by atoms with Crippen molar-refractivity contribution in [3.05, 3.63) is 0 Å². The van der Waals surface area contributed by atoms with Crippen LogP contribution in [0, 0.1) is 28.6 Å². The molecule has 0 amide bonds. The third kappa shape index (κ3) is 1.80. The highest BCUT2D eigenvalue weighted by molar-refractivity contribution is 5.87. The smallest absolute Gasteiger partial charge is 0.145 e. The lowest BCUT2D eigenvalue weighted by Crippen LogP contribution is -2.69. The van der Waals surface area contributed by atoms with E-state index in [0.29, 0.717) is 25.7 Å². The van der Waals surface area contributed by atoms with Crippen LogP contribution in [0.5, 0.6) is 0 Å². The monoisotopic (exact) mass is 324 g/mol. The van der Waals surface area contributed by atoms with Gasteiger partial charge in [0.05, 0.1) is 12.2 Å². The first-order valence-corrected chi connectivity index (χ1v) is 9.32. The standard InChI is InChI=1S/C19H29FO3/c1-17-10-16(23)19(20)14(13(17)5-6-15(17)22)4-3-11-9-12(21)7-8-18(11,19)2/h11-14,16,21,23H,3-10H2,1-2H3/t11-,12-,13-,14-,16-,17-,18-,19-/m0/s1. The van der Waals surface area contributed by atoms with E-state index in [1.54, 1.807) is 0 Å². The van der Waals surface area contributed by atoms with Crippen LogP contribution in [0.15, 0.2) is 0 Å². The number of hydrogen-bond donors (Lipinski definition) is 2. The number of alkyl halides is 1.